The maximum atomic E-state index is 6.79. The molecular weight excluding hydrogens is 739 g/mol. The van der Waals surface area contributed by atoms with E-state index in [9.17, 15) is 0 Å². The van der Waals surface area contributed by atoms with Crippen LogP contribution in [0.1, 0.15) is 34.2 Å². The van der Waals surface area contributed by atoms with Gasteiger partial charge in [-0.1, -0.05) is 201 Å². The van der Waals surface area contributed by atoms with E-state index < -0.39 is 0 Å². The molecule has 0 atom stereocenters. The number of hydrogen-bond donors (Lipinski definition) is 1. The molecule has 9 rings (SSSR count). The number of hydrogen-bond acceptors (Lipinski definition) is 2. The Morgan fingerprint density at radius 3 is 2.20 bits per heavy atom. The van der Waals surface area contributed by atoms with Crippen LogP contribution in [0.25, 0.3) is 44.3 Å². The van der Waals surface area contributed by atoms with E-state index in [2.05, 4.69) is 206 Å². The third-order valence-electron chi connectivity index (χ3n) is 11.3. The van der Waals surface area contributed by atoms with Crippen molar-refractivity contribution in [2.24, 2.45) is 10.7 Å². The Labute approximate surface area is 359 Å². The van der Waals surface area contributed by atoms with Gasteiger partial charge in [0.2, 0.25) is 0 Å². The molecule has 7 aromatic rings. The first-order valence-corrected chi connectivity index (χ1v) is 20.9. The molecule has 2 aliphatic rings. The van der Waals surface area contributed by atoms with Gasteiger partial charge in [0.15, 0.2) is 0 Å². The summed E-state index contributed by atoms with van der Waals surface area (Å²) in [6.45, 7) is 4.58. The lowest BCUT2D eigenvalue weighted by Crippen LogP contribution is -2.16. The van der Waals surface area contributed by atoms with Crippen molar-refractivity contribution in [2.45, 2.75) is 19.3 Å². The number of anilines is 2. The third-order valence-corrected chi connectivity index (χ3v) is 11.3. The third kappa shape index (κ3) is 8.69. The molecule has 0 bridgehead atoms. The Balaban J connectivity index is 1.17. The molecule has 0 aromatic heterocycles. The highest BCUT2D eigenvalue weighted by Crippen LogP contribution is 2.41. The quantitative estimate of drug-likeness (QED) is 0.117. The molecule has 7 aromatic carbocycles. The van der Waals surface area contributed by atoms with E-state index in [0.29, 0.717) is 12.3 Å². The van der Waals surface area contributed by atoms with E-state index in [1.54, 1.807) is 0 Å². The van der Waals surface area contributed by atoms with Crippen molar-refractivity contribution in [1.29, 1.82) is 0 Å². The second-order valence-corrected chi connectivity index (χ2v) is 15.3. The molecule has 1 aliphatic heterocycles. The minimum absolute atomic E-state index is 0.476. The number of amidine groups is 1. The zero-order valence-corrected chi connectivity index (χ0v) is 34.2. The van der Waals surface area contributed by atoms with Gasteiger partial charge in [-0.3, -0.25) is 0 Å². The van der Waals surface area contributed by atoms with Crippen LogP contribution in [0.2, 0.25) is 0 Å². The first-order valence-electron chi connectivity index (χ1n) is 20.9. The van der Waals surface area contributed by atoms with Crippen LogP contribution in [0, 0.1) is 0 Å². The molecule has 0 amide bonds. The normalized spacial score (nSPS) is 15.3. The molecule has 0 saturated carbocycles. The predicted molar refractivity (Wildman–Crippen MR) is 261 cm³/mol. The van der Waals surface area contributed by atoms with E-state index >= 15 is 0 Å². The van der Waals surface area contributed by atoms with Crippen LogP contribution in [0.4, 0.5) is 11.4 Å². The fourth-order valence-corrected chi connectivity index (χ4v) is 8.18. The average Bonchev–Trinajstić information content (AvgIpc) is 3.57. The summed E-state index contributed by atoms with van der Waals surface area (Å²) >= 11 is 0. The van der Waals surface area contributed by atoms with Crippen molar-refractivity contribution < 1.29 is 0 Å². The lowest BCUT2D eigenvalue weighted by molar-refractivity contribution is 1.17. The fraction of sp³-hybridized carbons (Fsp3) is 0.0517. The van der Waals surface area contributed by atoms with E-state index in [1.165, 1.54) is 22.3 Å². The van der Waals surface area contributed by atoms with Gasteiger partial charge in [0.1, 0.15) is 5.84 Å². The van der Waals surface area contributed by atoms with Gasteiger partial charge < -0.3 is 10.6 Å². The van der Waals surface area contributed by atoms with Crippen LogP contribution in [0.15, 0.2) is 242 Å². The van der Waals surface area contributed by atoms with Crippen LogP contribution in [-0.2, 0) is 12.8 Å². The molecule has 61 heavy (non-hydrogen) atoms. The molecule has 3 heteroatoms. The first kappa shape index (κ1) is 38.8. The molecule has 0 unspecified atom stereocenters. The van der Waals surface area contributed by atoms with Crippen molar-refractivity contribution in [3.63, 3.8) is 0 Å². The summed E-state index contributed by atoms with van der Waals surface area (Å²) in [5, 5.41) is 2.23. The molecule has 1 aliphatic carbocycles. The molecule has 1 heterocycles. The summed E-state index contributed by atoms with van der Waals surface area (Å²) in [5.41, 5.74) is 21.9. The highest BCUT2D eigenvalue weighted by atomic mass is 15.1. The number of para-hydroxylation sites is 1. The topological polar surface area (TPSA) is 41.6 Å². The molecule has 0 saturated heterocycles. The average molecular weight is 786 g/mol. The van der Waals surface area contributed by atoms with Crippen molar-refractivity contribution in [3.05, 3.63) is 265 Å². The molecule has 2 N–H and O–H groups in total. The monoisotopic (exact) mass is 785 g/mol. The summed E-state index contributed by atoms with van der Waals surface area (Å²) < 4.78 is 0. The van der Waals surface area contributed by atoms with Crippen LogP contribution >= 0.6 is 0 Å². The van der Waals surface area contributed by atoms with Crippen LogP contribution in [0.5, 0.6) is 0 Å². The molecular formula is C58H47N3. The van der Waals surface area contributed by atoms with Gasteiger partial charge in [-0.05, 0) is 105 Å². The molecule has 0 fully saturated rings. The van der Waals surface area contributed by atoms with Gasteiger partial charge in [-0.25, -0.2) is 4.99 Å². The number of aliphatic imine (C=N–C) groups is 1. The van der Waals surface area contributed by atoms with Gasteiger partial charge in [-0.2, -0.15) is 0 Å². The van der Waals surface area contributed by atoms with Gasteiger partial charge in [-0.15, -0.1) is 0 Å². The van der Waals surface area contributed by atoms with Crippen LogP contribution in [0.3, 0.4) is 0 Å². The Bertz CT molecular complexity index is 2940. The molecule has 294 valence electrons. The Kier molecular flexibility index (Phi) is 11.5. The van der Waals surface area contributed by atoms with Crippen molar-refractivity contribution >= 4 is 39.3 Å². The second kappa shape index (κ2) is 18.0. The van der Waals surface area contributed by atoms with E-state index in [-0.39, 0.29) is 0 Å². The smallest absolute Gasteiger partial charge is 0.131 e. The predicted octanol–water partition coefficient (Wildman–Crippen LogP) is 14.4. The summed E-state index contributed by atoms with van der Waals surface area (Å²) in [4.78, 5) is 7.46. The highest BCUT2D eigenvalue weighted by Gasteiger charge is 2.20. The fourth-order valence-electron chi connectivity index (χ4n) is 8.18. The minimum Gasteiger partial charge on any atom is -0.383 e. The Hall–Kier alpha value is -7.75. The maximum Gasteiger partial charge on any atom is 0.131 e. The minimum atomic E-state index is 0.476. The molecule has 0 radical (unpaired) electrons. The van der Waals surface area contributed by atoms with E-state index in [0.717, 1.165) is 79.8 Å². The van der Waals surface area contributed by atoms with Crippen molar-refractivity contribution in [3.8, 4) is 22.3 Å². The molecule has 0 spiro atoms. The number of rotatable bonds is 9. The van der Waals surface area contributed by atoms with Gasteiger partial charge in [0.25, 0.3) is 0 Å². The lowest BCUT2D eigenvalue weighted by atomic mass is 9.91. The summed E-state index contributed by atoms with van der Waals surface area (Å²) in [5.74, 6) is 0.476. The number of nitrogens with two attached hydrogens (primary N) is 1. The summed E-state index contributed by atoms with van der Waals surface area (Å²) in [6, 6.07) is 58.1. The molecule has 3 nitrogen and oxygen atoms in total. The largest absolute Gasteiger partial charge is 0.383 e. The summed E-state index contributed by atoms with van der Waals surface area (Å²) in [6.07, 6.45) is 24.0. The SMILES string of the molecule is C=C1/C=C\C=C/Cc2ccccc2N1c1cc(-c2ccccc2)cc(-c2ccc(/C(=C/Cc3ccc(C4=CC=CCC=C4)cc3)N=C(N)c3ccccc3)c3ccccc23)c1. The van der Waals surface area contributed by atoms with E-state index in [1.807, 2.05) is 30.3 Å². The second-order valence-electron chi connectivity index (χ2n) is 15.3. The number of nitrogens with zero attached hydrogens (tertiary/aromatic N) is 2. The Morgan fingerprint density at radius 1 is 0.623 bits per heavy atom. The van der Waals surface area contributed by atoms with Crippen LogP contribution < -0.4 is 10.6 Å². The van der Waals surface area contributed by atoms with Gasteiger partial charge >= 0.3 is 0 Å². The zero-order valence-electron chi connectivity index (χ0n) is 34.2. The number of allylic oxidation sites excluding steroid dienone is 11. The Morgan fingerprint density at radius 2 is 1.36 bits per heavy atom. The lowest BCUT2D eigenvalue weighted by Gasteiger charge is -2.29. The number of benzene rings is 7. The van der Waals surface area contributed by atoms with Crippen molar-refractivity contribution in [1.82, 2.24) is 0 Å². The first-order chi connectivity index (χ1) is 30.1. The van der Waals surface area contributed by atoms with Gasteiger partial charge in [0.05, 0.1) is 5.70 Å². The maximum absolute atomic E-state index is 6.79. The van der Waals surface area contributed by atoms with Gasteiger partial charge in [0, 0.05) is 28.2 Å². The van der Waals surface area contributed by atoms with Crippen molar-refractivity contribution in [2.75, 3.05) is 4.90 Å². The van der Waals surface area contributed by atoms with Crippen LogP contribution in [-0.4, -0.2) is 5.84 Å². The number of fused-ring (bicyclic) bond motifs is 2. The highest BCUT2D eigenvalue weighted by molar-refractivity contribution is 6.06. The standard InChI is InChI=1S/C58H47N3/c1-42-19-7-4-12-24-47-25-15-18-30-57(47)61(42)51-40-49(45-22-10-5-11-23-45)39-50(41-51)52-36-37-55(54-29-17-16-28-53(52)54)56(60-58(59)48-26-13-6-14-27-48)38-33-43-31-34-46(35-32-43)44-20-8-2-3-9-21-44/h2,4-23,25-32,34-41H,1,3,24,33H2,(H2,59,60)/b12-4-,19-7-,56-38-. The summed E-state index contributed by atoms with van der Waals surface area (Å²) in [7, 11) is 0. The zero-order chi connectivity index (χ0) is 41.4. The van der Waals surface area contributed by atoms with E-state index in [4.69, 9.17) is 10.7 Å².